The molecule has 0 saturated carbocycles. The van der Waals surface area contributed by atoms with Crippen molar-refractivity contribution in [1.82, 2.24) is 5.32 Å². The minimum atomic E-state index is -0.0432. The van der Waals surface area contributed by atoms with E-state index in [1.54, 1.807) is 0 Å². The zero-order valence-electron chi connectivity index (χ0n) is 12.2. The number of allylic oxidation sites excluding steroid dienone is 4. The molecule has 2 aliphatic rings. The predicted molar refractivity (Wildman–Crippen MR) is 76.7 cm³/mol. The van der Waals surface area contributed by atoms with Crippen molar-refractivity contribution in [3.05, 3.63) is 24.3 Å². The molecule has 3 nitrogen and oxygen atoms in total. The van der Waals surface area contributed by atoms with Gasteiger partial charge in [-0.2, -0.15) is 0 Å². The Kier molecular flexibility index (Phi) is 4.46. The van der Waals surface area contributed by atoms with Crippen LogP contribution in [-0.2, 0) is 9.53 Å². The minimum absolute atomic E-state index is 0.00390. The molecule has 0 aromatic heterocycles. The van der Waals surface area contributed by atoms with Crippen LogP contribution in [-0.4, -0.2) is 25.7 Å². The fourth-order valence-electron chi connectivity index (χ4n) is 3.01. The maximum Gasteiger partial charge on any atom is 0.310 e. The highest BCUT2D eigenvalue weighted by Gasteiger charge is 2.38. The monoisotopic (exact) mass is 263 g/mol. The van der Waals surface area contributed by atoms with E-state index in [2.05, 4.69) is 43.5 Å². The summed E-state index contributed by atoms with van der Waals surface area (Å²) in [6.07, 6.45) is 10.1. The Balaban J connectivity index is 2.08. The second-order valence-corrected chi connectivity index (χ2v) is 6.16. The molecule has 19 heavy (non-hydrogen) atoms. The number of rotatable bonds is 3. The normalized spacial score (nSPS) is 33.1. The summed E-state index contributed by atoms with van der Waals surface area (Å²) in [6.45, 7) is 8.41. The molecule has 1 aliphatic carbocycles. The van der Waals surface area contributed by atoms with Gasteiger partial charge >= 0.3 is 5.97 Å². The van der Waals surface area contributed by atoms with E-state index in [1.165, 1.54) is 0 Å². The highest BCUT2D eigenvalue weighted by atomic mass is 16.5. The average Bonchev–Trinajstić information content (AvgIpc) is 2.76. The van der Waals surface area contributed by atoms with Gasteiger partial charge in [0, 0.05) is 12.0 Å². The number of carbonyl (C=O) groups excluding carboxylic acids is 1. The lowest BCUT2D eigenvalue weighted by molar-refractivity contribution is -0.149. The smallest absolute Gasteiger partial charge is 0.310 e. The molecule has 0 radical (unpaired) electrons. The zero-order chi connectivity index (χ0) is 13.9. The molecule has 2 unspecified atom stereocenters. The summed E-state index contributed by atoms with van der Waals surface area (Å²) in [5, 5.41) is 3.34. The number of esters is 1. The summed E-state index contributed by atoms with van der Waals surface area (Å²) >= 11 is 0. The Labute approximate surface area is 116 Å². The Hall–Kier alpha value is -1.09. The average molecular weight is 263 g/mol. The summed E-state index contributed by atoms with van der Waals surface area (Å²) in [5.41, 5.74) is 0.125. The van der Waals surface area contributed by atoms with Crippen molar-refractivity contribution in [2.24, 2.45) is 23.2 Å². The molecule has 0 bridgehead atoms. The van der Waals surface area contributed by atoms with E-state index in [0.717, 1.165) is 19.5 Å². The van der Waals surface area contributed by atoms with Crippen molar-refractivity contribution in [1.29, 1.82) is 0 Å². The van der Waals surface area contributed by atoms with Crippen LogP contribution >= 0.6 is 0 Å². The maximum absolute atomic E-state index is 12.0. The fourth-order valence-corrected chi connectivity index (χ4v) is 3.01. The van der Waals surface area contributed by atoms with Gasteiger partial charge < -0.3 is 10.1 Å². The van der Waals surface area contributed by atoms with E-state index < -0.39 is 0 Å². The van der Waals surface area contributed by atoms with Crippen LogP contribution in [0, 0.1) is 23.2 Å². The molecule has 1 heterocycles. The lowest BCUT2D eigenvalue weighted by Gasteiger charge is -2.23. The molecule has 106 valence electrons. The van der Waals surface area contributed by atoms with Gasteiger partial charge in [0.25, 0.3) is 0 Å². The summed E-state index contributed by atoms with van der Waals surface area (Å²) in [7, 11) is 0. The van der Waals surface area contributed by atoms with Crippen LogP contribution in [0.3, 0.4) is 0 Å². The van der Waals surface area contributed by atoms with Gasteiger partial charge in [0.15, 0.2) is 0 Å². The molecule has 0 amide bonds. The van der Waals surface area contributed by atoms with Crippen molar-refractivity contribution in [2.45, 2.75) is 27.2 Å². The van der Waals surface area contributed by atoms with Crippen molar-refractivity contribution >= 4 is 5.97 Å². The van der Waals surface area contributed by atoms with Crippen molar-refractivity contribution in [3.8, 4) is 0 Å². The highest BCUT2D eigenvalue weighted by Crippen LogP contribution is 2.34. The molecule has 2 rings (SSSR count). The van der Waals surface area contributed by atoms with Crippen molar-refractivity contribution in [2.75, 3.05) is 19.7 Å². The zero-order valence-corrected chi connectivity index (χ0v) is 12.2. The molecular formula is C16H25NO2. The Morgan fingerprint density at radius 3 is 2.89 bits per heavy atom. The van der Waals surface area contributed by atoms with Crippen LogP contribution in [0.15, 0.2) is 24.3 Å². The lowest BCUT2D eigenvalue weighted by atomic mass is 9.81. The lowest BCUT2D eigenvalue weighted by Crippen LogP contribution is -2.29. The van der Waals surface area contributed by atoms with E-state index in [4.69, 9.17) is 4.74 Å². The Bertz CT molecular complexity index is 384. The van der Waals surface area contributed by atoms with E-state index in [1.807, 2.05) is 6.92 Å². The number of carbonyl (C=O) groups is 1. The van der Waals surface area contributed by atoms with Gasteiger partial charge in [-0.25, -0.2) is 0 Å². The van der Waals surface area contributed by atoms with Crippen molar-refractivity contribution < 1.29 is 9.53 Å². The molecule has 0 spiro atoms. The van der Waals surface area contributed by atoms with E-state index in [0.29, 0.717) is 18.4 Å². The summed E-state index contributed by atoms with van der Waals surface area (Å²) < 4.78 is 5.20. The summed E-state index contributed by atoms with van der Waals surface area (Å²) in [5.74, 6) is 0.749. The minimum Gasteiger partial charge on any atom is -0.466 e. The largest absolute Gasteiger partial charge is 0.466 e. The van der Waals surface area contributed by atoms with Gasteiger partial charge in [0.2, 0.25) is 0 Å². The fraction of sp³-hybridized carbons (Fsp3) is 0.688. The van der Waals surface area contributed by atoms with Crippen LogP contribution < -0.4 is 5.32 Å². The van der Waals surface area contributed by atoms with Crippen LogP contribution in [0.2, 0.25) is 0 Å². The molecule has 0 aromatic carbocycles. The topological polar surface area (TPSA) is 38.3 Å². The molecule has 1 fully saturated rings. The van der Waals surface area contributed by atoms with Gasteiger partial charge in [0.1, 0.15) is 0 Å². The molecule has 1 N–H and O–H groups in total. The van der Waals surface area contributed by atoms with Crippen LogP contribution in [0.1, 0.15) is 27.2 Å². The first-order valence-corrected chi connectivity index (χ1v) is 7.28. The first-order chi connectivity index (χ1) is 9.03. The van der Waals surface area contributed by atoms with E-state index in [9.17, 15) is 4.79 Å². The van der Waals surface area contributed by atoms with Crippen molar-refractivity contribution in [3.63, 3.8) is 0 Å². The molecule has 3 atom stereocenters. The summed E-state index contributed by atoms with van der Waals surface area (Å²) in [4.78, 5) is 12.0. The van der Waals surface area contributed by atoms with Gasteiger partial charge in [-0.05, 0) is 31.7 Å². The highest BCUT2D eigenvalue weighted by molar-refractivity contribution is 5.73. The first kappa shape index (κ1) is 14.3. The molecule has 1 saturated heterocycles. The second kappa shape index (κ2) is 5.91. The van der Waals surface area contributed by atoms with E-state index >= 15 is 0 Å². The predicted octanol–water partition coefficient (Wildman–Crippen LogP) is 2.54. The number of hydrogen-bond acceptors (Lipinski definition) is 3. The molecule has 3 heteroatoms. The number of nitrogens with one attached hydrogen (secondary N) is 1. The quantitative estimate of drug-likeness (QED) is 0.628. The first-order valence-electron chi connectivity index (χ1n) is 7.28. The molecular weight excluding hydrogens is 238 g/mol. The maximum atomic E-state index is 12.0. The number of ether oxygens (including phenoxy) is 1. The third kappa shape index (κ3) is 3.47. The van der Waals surface area contributed by atoms with Gasteiger partial charge in [-0.3, -0.25) is 4.79 Å². The SMILES string of the molecule is CCOC(=O)C1CNC[C@H]1C1C=CC(C)(C)C=CC1. The standard InChI is InChI=1S/C16H25NO2/c1-4-19-15(18)14-11-17-10-13(14)12-6-5-8-16(2,3)9-7-12/h5,7-9,12-14,17H,4,6,10-11H2,1-3H3/t12?,13-,14?/m0/s1. The van der Waals surface area contributed by atoms with E-state index in [-0.39, 0.29) is 17.3 Å². The third-order valence-electron chi connectivity index (χ3n) is 4.13. The van der Waals surface area contributed by atoms with Crippen LogP contribution in [0.5, 0.6) is 0 Å². The third-order valence-corrected chi connectivity index (χ3v) is 4.13. The van der Waals surface area contributed by atoms with Gasteiger partial charge in [0.05, 0.1) is 12.5 Å². The van der Waals surface area contributed by atoms with Gasteiger partial charge in [-0.1, -0.05) is 38.2 Å². The summed E-state index contributed by atoms with van der Waals surface area (Å²) in [6, 6.07) is 0. The van der Waals surface area contributed by atoms with Crippen LogP contribution in [0.4, 0.5) is 0 Å². The molecule has 0 aromatic rings. The second-order valence-electron chi connectivity index (χ2n) is 6.16. The number of hydrogen-bond donors (Lipinski definition) is 1. The van der Waals surface area contributed by atoms with Gasteiger partial charge in [-0.15, -0.1) is 0 Å². The Morgan fingerprint density at radius 1 is 1.37 bits per heavy atom. The molecule has 1 aliphatic heterocycles. The van der Waals surface area contributed by atoms with Crippen LogP contribution in [0.25, 0.3) is 0 Å². The Morgan fingerprint density at radius 2 is 2.16 bits per heavy atom.